The molecule has 0 aliphatic heterocycles. The third-order valence-corrected chi connectivity index (χ3v) is 1.64. The smallest absolute Gasteiger partial charge is 0.307 e. The second kappa shape index (κ2) is 5.33. The Kier molecular flexibility index (Phi) is 4.79. The van der Waals surface area contributed by atoms with Gasteiger partial charge in [0.1, 0.15) is 6.29 Å². The molecule has 0 amide bonds. The quantitative estimate of drug-likeness (QED) is 0.455. The summed E-state index contributed by atoms with van der Waals surface area (Å²) in [5.74, 6) is -1.30. The zero-order chi connectivity index (χ0) is 11.2. The van der Waals surface area contributed by atoms with Gasteiger partial charge < -0.3 is 20.0 Å². The van der Waals surface area contributed by atoms with Gasteiger partial charge in [-0.2, -0.15) is 0 Å². The molecule has 0 heterocycles. The van der Waals surface area contributed by atoms with Gasteiger partial charge in [-0.05, 0) is 0 Å². The SMILES string of the molecule is COC(=O)CC(N)(C=O)CC(=O)OC. The van der Waals surface area contributed by atoms with Crippen LogP contribution in [0, 0.1) is 0 Å². The normalized spacial score (nSPS) is 10.5. The molecule has 0 saturated heterocycles. The predicted octanol–water partition coefficient (Wildman–Crippen LogP) is -0.991. The van der Waals surface area contributed by atoms with E-state index >= 15 is 0 Å². The lowest BCUT2D eigenvalue weighted by atomic mass is 9.94. The Labute approximate surface area is 81.3 Å². The van der Waals surface area contributed by atoms with E-state index in [0.717, 1.165) is 0 Å². The van der Waals surface area contributed by atoms with E-state index in [1.807, 2.05) is 0 Å². The molecule has 0 unspecified atom stereocenters. The number of nitrogens with two attached hydrogens (primary N) is 1. The summed E-state index contributed by atoms with van der Waals surface area (Å²) in [6.07, 6.45) is -0.342. The van der Waals surface area contributed by atoms with Crippen LogP contribution in [-0.2, 0) is 23.9 Å². The second-order valence-corrected chi connectivity index (χ2v) is 2.86. The number of esters is 2. The van der Waals surface area contributed by atoms with Crippen LogP contribution in [0.1, 0.15) is 12.8 Å². The first kappa shape index (κ1) is 12.6. The Morgan fingerprint density at radius 3 is 1.79 bits per heavy atom. The number of aldehydes is 1. The zero-order valence-electron chi connectivity index (χ0n) is 8.11. The van der Waals surface area contributed by atoms with E-state index in [9.17, 15) is 14.4 Å². The van der Waals surface area contributed by atoms with E-state index in [2.05, 4.69) is 9.47 Å². The average Bonchev–Trinajstić information content (AvgIpc) is 2.17. The number of hydrogen-bond acceptors (Lipinski definition) is 6. The molecule has 0 aliphatic rings. The highest BCUT2D eigenvalue weighted by Crippen LogP contribution is 2.10. The fourth-order valence-electron chi connectivity index (χ4n) is 0.828. The minimum Gasteiger partial charge on any atom is -0.469 e. The molecular formula is C8H13NO5. The van der Waals surface area contributed by atoms with Crippen molar-refractivity contribution in [3.05, 3.63) is 0 Å². The highest BCUT2D eigenvalue weighted by Gasteiger charge is 2.31. The monoisotopic (exact) mass is 203 g/mol. The molecule has 0 atom stereocenters. The summed E-state index contributed by atoms with van der Waals surface area (Å²) in [6.45, 7) is 0. The van der Waals surface area contributed by atoms with E-state index in [4.69, 9.17) is 5.73 Å². The Hall–Kier alpha value is -1.43. The largest absolute Gasteiger partial charge is 0.469 e. The van der Waals surface area contributed by atoms with Crippen molar-refractivity contribution in [3.8, 4) is 0 Å². The van der Waals surface area contributed by atoms with Crippen molar-refractivity contribution in [2.24, 2.45) is 5.73 Å². The minimum atomic E-state index is -1.54. The summed E-state index contributed by atoms with van der Waals surface area (Å²) in [4.78, 5) is 32.3. The number of hydrogen-bond donors (Lipinski definition) is 1. The maximum atomic E-state index is 10.8. The van der Waals surface area contributed by atoms with E-state index in [-0.39, 0.29) is 12.8 Å². The van der Waals surface area contributed by atoms with Crippen molar-refractivity contribution in [2.75, 3.05) is 14.2 Å². The van der Waals surface area contributed by atoms with Crippen LogP contribution in [0.15, 0.2) is 0 Å². The van der Waals surface area contributed by atoms with Crippen molar-refractivity contribution < 1.29 is 23.9 Å². The van der Waals surface area contributed by atoms with Crippen LogP contribution in [0.25, 0.3) is 0 Å². The molecule has 0 rings (SSSR count). The Bertz CT molecular complexity index is 220. The van der Waals surface area contributed by atoms with Crippen LogP contribution in [0.4, 0.5) is 0 Å². The van der Waals surface area contributed by atoms with Crippen LogP contribution in [0.5, 0.6) is 0 Å². The molecule has 0 aliphatic carbocycles. The Morgan fingerprint density at radius 2 is 1.57 bits per heavy atom. The van der Waals surface area contributed by atoms with E-state index in [1.165, 1.54) is 14.2 Å². The first-order valence-electron chi connectivity index (χ1n) is 3.86. The number of ether oxygens (including phenoxy) is 2. The van der Waals surface area contributed by atoms with Crippen molar-refractivity contribution in [3.63, 3.8) is 0 Å². The Morgan fingerprint density at radius 1 is 1.21 bits per heavy atom. The first-order chi connectivity index (χ1) is 6.47. The molecule has 0 spiro atoms. The van der Waals surface area contributed by atoms with Crippen LogP contribution in [0.3, 0.4) is 0 Å². The summed E-state index contributed by atoms with van der Waals surface area (Å²) >= 11 is 0. The lowest BCUT2D eigenvalue weighted by molar-refractivity contribution is -0.146. The van der Waals surface area contributed by atoms with Crippen molar-refractivity contribution in [1.82, 2.24) is 0 Å². The minimum absolute atomic E-state index is 0.345. The van der Waals surface area contributed by atoms with Gasteiger partial charge in [0.15, 0.2) is 0 Å². The van der Waals surface area contributed by atoms with Gasteiger partial charge in [0, 0.05) is 0 Å². The highest BCUT2D eigenvalue weighted by atomic mass is 16.5. The molecule has 0 aromatic rings. The van der Waals surface area contributed by atoms with Crippen LogP contribution < -0.4 is 5.73 Å². The fourth-order valence-corrected chi connectivity index (χ4v) is 0.828. The standard InChI is InChI=1S/C8H13NO5/c1-13-6(11)3-8(9,5-10)4-7(12)14-2/h5H,3-4,9H2,1-2H3. The van der Waals surface area contributed by atoms with E-state index in [0.29, 0.717) is 6.29 Å². The van der Waals surface area contributed by atoms with Crippen LogP contribution in [0.2, 0.25) is 0 Å². The maximum Gasteiger partial charge on any atom is 0.307 e. The topological polar surface area (TPSA) is 95.7 Å². The maximum absolute atomic E-state index is 10.8. The molecule has 0 aromatic heterocycles. The van der Waals surface area contributed by atoms with Gasteiger partial charge in [-0.25, -0.2) is 0 Å². The molecule has 0 bridgehead atoms. The van der Waals surface area contributed by atoms with Crippen molar-refractivity contribution in [1.29, 1.82) is 0 Å². The fraction of sp³-hybridized carbons (Fsp3) is 0.625. The highest BCUT2D eigenvalue weighted by molar-refractivity contribution is 5.84. The average molecular weight is 203 g/mol. The van der Waals surface area contributed by atoms with Crippen LogP contribution >= 0.6 is 0 Å². The summed E-state index contributed by atoms with van der Waals surface area (Å²) in [6, 6.07) is 0. The van der Waals surface area contributed by atoms with Gasteiger partial charge in [-0.3, -0.25) is 9.59 Å². The van der Waals surface area contributed by atoms with Gasteiger partial charge in [-0.1, -0.05) is 0 Å². The van der Waals surface area contributed by atoms with Crippen LogP contribution in [-0.4, -0.2) is 38.0 Å². The molecule has 6 heteroatoms. The summed E-state index contributed by atoms with van der Waals surface area (Å²) in [7, 11) is 2.34. The number of rotatable bonds is 5. The molecular weight excluding hydrogens is 190 g/mol. The predicted molar refractivity (Wildman–Crippen MR) is 46.2 cm³/mol. The molecule has 2 N–H and O–H groups in total. The van der Waals surface area contributed by atoms with Gasteiger partial charge >= 0.3 is 11.9 Å². The van der Waals surface area contributed by atoms with Crippen molar-refractivity contribution in [2.45, 2.75) is 18.4 Å². The molecule has 14 heavy (non-hydrogen) atoms. The molecule has 0 aromatic carbocycles. The van der Waals surface area contributed by atoms with Gasteiger partial charge in [0.2, 0.25) is 0 Å². The van der Waals surface area contributed by atoms with E-state index < -0.39 is 17.5 Å². The molecule has 0 fully saturated rings. The number of methoxy groups -OCH3 is 2. The van der Waals surface area contributed by atoms with Crippen molar-refractivity contribution >= 4 is 18.2 Å². The second-order valence-electron chi connectivity index (χ2n) is 2.86. The van der Waals surface area contributed by atoms with E-state index in [1.54, 1.807) is 0 Å². The lowest BCUT2D eigenvalue weighted by Crippen LogP contribution is -2.46. The molecule has 6 nitrogen and oxygen atoms in total. The first-order valence-corrected chi connectivity index (χ1v) is 3.86. The summed E-state index contributed by atoms with van der Waals surface area (Å²) in [5, 5.41) is 0. The summed E-state index contributed by atoms with van der Waals surface area (Å²) in [5.41, 5.74) is 3.94. The summed E-state index contributed by atoms with van der Waals surface area (Å²) < 4.78 is 8.67. The third kappa shape index (κ3) is 3.99. The number of carbonyl (C=O) groups excluding carboxylic acids is 3. The Balaban J connectivity index is 4.39. The van der Waals surface area contributed by atoms with Gasteiger partial charge in [0.05, 0.1) is 32.6 Å². The molecule has 80 valence electrons. The van der Waals surface area contributed by atoms with Gasteiger partial charge in [-0.15, -0.1) is 0 Å². The number of carbonyl (C=O) groups is 3. The lowest BCUT2D eigenvalue weighted by Gasteiger charge is -2.19. The third-order valence-electron chi connectivity index (χ3n) is 1.64. The molecule has 0 radical (unpaired) electrons. The molecule has 0 saturated carbocycles. The van der Waals surface area contributed by atoms with Gasteiger partial charge in [0.25, 0.3) is 0 Å². The zero-order valence-corrected chi connectivity index (χ0v) is 8.11.